The van der Waals surface area contributed by atoms with Gasteiger partial charge in [0.25, 0.3) is 0 Å². The number of anilines is 1. The molecule has 0 aliphatic carbocycles. The van der Waals surface area contributed by atoms with Crippen LogP contribution in [-0.2, 0) is 11.3 Å². The van der Waals surface area contributed by atoms with E-state index in [4.69, 9.17) is 21.6 Å². The lowest BCUT2D eigenvalue weighted by atomic mass is 10.1. The van der Waals surface area contributed by atoms with Gasteiger partial charge in [-0.1, -0.05) is 18.2 Å². The van der Waals surface area contributed by atoms with Crippen molar-refractivity contribution in [2.75, 3.05) is 12.8 Å². The van der Waals surface area contributed by atoms with Crippen molar-refractivity contribution >= 4 is 17.9 Å². The highest BCUT2D eigenvalue weighted by molar-refractivity contribution is 6.37. The summed E-state index contributed by atoms with van der Waals surface area (Å²) in [5.74, 6) is 5.63. The molecule has 0 bridgehead atoms. The minimum atomic E-state index is -0.105. The molecule has 0 saturated heterocycles. The Morgan fingerprint density at radius 3 is 2.74 bits per heavy atom. The Morgan fingerprint density at radius 2 is 2.00 bits per heavy atom. The summed E-state index contributed by atoms with van der Waals surface area (Å²) in [5, 5.41) is 12.9. The number of pyridine rings is 1. The van der Waals surface area contributed by atoms with Gasteiger partial charge in [0.15, 0.2) is 0 Å². The number of nitrogen functional groups attached to an aromatic ring is 1. The Balaban J connectivity index is 1.83. The molecule has 31 heavy (non-hydrogen) atoms. The predicted molar refractivity (Wildman–Crippen MR) is 119 cm³/mol. The molecule has 0 radical (unpaired) electrons. The first-order valence-electron chi connectivity index (χ1n) is 9.46. The number of benzene rings is 1. The molecule has 9 heteroatoms. The van der Waals surface area contributed by atoms with Gasteiger partial charge in [-0.25, -0.2) is 9.97 Å². The van der Waals surface area contributed by atoms with Crippen LogP contribution in [0.25, 0.3) is 11.3 Å². The number of nitrogens with two attached hydrogens (primary N) is 2. The summed E-state index contributed by atoms with van der Waals surface area (Å²) in [6.45, 7) is 2.26. The number of hydrazone groups is 1. The molecule has 1 aromatic carbocycles. The van der Waals surface area contributed by atoms with Crippen molar-refractivity contribution in [3.8, 4) is 17.3 Å². The molecule has 0 fully saturated rings. The molecule has 0 spiro atoms. The second kappa shape index (κ2) is 10.0. The van der Waals surface area contributed by atoms with E-state index in [0.29, 0.717) is 29.2 Å². The number of hydrogen-bond donors (Lipinski definition) is 2. The summed E-state index contributed by atoms with van der Waals surface area (Å²) in [5.41, 5.74) is 10.1. The van der Waals surface area contributed by atoms with Crippen molar-refractivity contribution in [1.82, 2.24) is 15.0 Å². The minimum Gasteiger partial charge on any atom is -0.375 e. The number of aliphatic imine (C=N–C) groups is 1. The second-order valence-electron chi connectivity index (χ2n) is 6.61. The zero-order valence-electron chi connectivity index (χ0n) is 17.2. The van der Waals surface area contributed by atoms with Gasteiger partial charge < -0.3 is 16.3 Å². The summed E-state index contributed by atoms with van der Waals surface area (Å²) < 4.78 is 5.30. The number of hydrogen-bond acceptors (Lipinski definition) is 9. The molecule has 2 aromatic heterocycles. The van der Waals surface area contributed by atoms with E-state index in [1.54, 1.807) is 31.4 Å². The normalized spacial score (nSPS) is 12.6. The minimum absolute atomic E-state index is 0.0623. The van der Waals surface area contributed by atoms with Crippen LogP contribution in [0.15, 0.2) is 58.6 Å². The number of ether oxygens (including phenoxy) is 1. The molecular weight excluding hydrogens is 392 g/mol. The topological polar surface area (TPSA) is 148 Å². The third kappa shape index (κ3) is 5.46. The molecule has 156 valence electrons. The fourth-order valence-electron chi connectivity index (χ4n) is 2.82. The molecule has 3 aromatic rings. The van der Waals surface area contributed by atoms with E-state index >= 15 is 0 Å². The van der Waals surface area contributed by atoms with Gasteiger partial charge in [-0.2, -0.15) is 10.4 Å². The van der Waals surface area contributed by atoms with Crippen molar-refractivity contribution in [3.05, 3.63) is 71.2 Å². The molecule has 0 aliphatic rings. The highest BCUT2D eigenvalue weighted by Crippen LogP contribution is 2.20. The van der Waals surface area contributed by atoms with E-state index in [0.717, 1.165) is 17.0 Å². The van der Waals surface area contributed by atoms with E-state index < -0.39 is 0 Å². The fraction of sp³-hybridized carbons (Fsp3) is 0.182. The largest absolute Gasteiger partial charge is 0.375 e. The van der Waals surface area contributed by atoms with Crippen LogP contribution in [0.1, 0.15) is 35.7 Å². The van der Waals surface area contributed by atoms with Gasteiger partial charge in [-0.05, 0) is 37.3 Å². The van der Waals surface area contributed by atoms with Crippen LogP contribution in [0.5, 0.6) is 0 Å². The van der Waals surface area contributed by atoms with Crippen LogP contribution in [-0.4, -0.2) is 34.0 Å². The van der Waals surface area contributed by atoms with Crippen molar-refractivity contribution in [2.45, 2.75) is 19.6 Å². The van der Waals surface area contributed by atoms with E-state index in [2.05, 4.69) is 31.1 Å². The van der Waals surface area contributed by atoms with Crippen LogP contribution in [0.4, 0.5) is 5.95 Å². The Morgan fingerprint density at radius 1 is 1.19 bits per heavy atom. The van der Waals surface area contributed by atoms with Crippen molar-refractivity contribution in [3.63, 3.8) is 0 Å². The molecule has 9 nitrogen and oxygen atoms in total. The van der Waals surface area contributed by atoms with Crippen molar-refractivity contribution in [2.24, 2.45) is 15.9 Å². The number of nitrogens with zero attached hydrogens (tertiary/aromatic N) is 6. The lowest BCUT2D eigenvalue weighted by Crippen LogP contribution is -2.11. The lowest BCUT2D eigenvalue weighted by molar-refractivity contribution is 0.116. The van der Waals surface area contributed by atoms with E-state index in [1.807, 2.05) is 31.2 Å². The van der Waals surface area contributed by atoms with Crippen molar-refractivity contribution < 1.29 is 4.74 Å². The van der Waals surface area contributed by atoms with Gasteiger partial charge in [0.05, 0.1) is 53.3 Å². The Bertz CT molecular complexity index is 1170. The van der Waals surface area contributed by atoms with Gasteiger partial charge in [-0.3, -0.25) is 9.98 Å². The zero-order chi connectivity index (χ0) is 22.2. The second-order valence-corrected chi connectivity index (χ2v) is 6.61. The fourth-order valence-corrected chi connectivity index (χ4v) is 2.82. The average molecular weight is 414 g/mol. The molecule has 3 rings (SSSR count). The van der Waals surface area contributed by atoms with Gasteiger partial charge in [0, 0.05) is 12.7 Å². The van der Waals surface area contributed by atoms with Gasteiger partial charge in [-0.15, -0.1) is 0 Å². The highest BCUT2D eigenvalue weighted by Gasteiger charge is 2.10. The summed E-state index contributed by atoms with van der Waals surface area (Å²) in [6, 6.07) is 16.5. The average Bonchev–Trinajstić information content (AvgIpc) is 2.81. The van der Waals surface area contributed by atoms with Crippen molar-refractivity contribution in [1.29, 1.82) is 5.26 Å². The Labute approximate surface area is 180 Å². The first-order chi connectivity index (χ1) is 15.0. The Hall–Kier alpha value is -4.16. The summed E-state index contributed by atoms with van der Waals surface area (Å²) in [7, 11) is 1.64. The SMILES string of the molecule is COC(C)c1cccc(CN=CC(=NN)c2cc(-c3cccc(C#N)c3)nc(N)n2)n1. The van der Waals surface area contributed by atoms with Crippen LogP contribution in [0.2, 0.25) is 0 Å². The van der Waals surface area contributed by atoms with E-state index in [-0.39, 0.29) is 12.1 Å². The van der Waals surface area contributed by atoms with E-state index in [1.165, 1.54) is 6.21 Å². The first kappa shape index (κ1) is 21.5. The summed E-state index contributed by atoms with van der Waals surface area (Å²) >= 11 is 0. The number of rotatable bonds is 7. The lowest BCUT2D eigenvalue weighted by Gasteiger charge is -2.09. The number of aromatic nitrogens is 3. The standard InChI is InChI=1S/C22H22N8O/c1-14(31-2)18-8-4-7-17(27-18)12-26-13-21(30-25)20-10-19(28-22(24)29-20)16-6-3-5-15(9-16)11-23/h3-10,13-14H,12,25H2,1-2H3,(H2,24,28,29). The smallest absolute Gasteiger partial charge is 0.221 e. The highest BCUT2D eigenvalue weighted by atomic mass is 16.5. The molecule has 2 heterocycles. The zero-order valence-corrected chi connectivity index (χ0v) is 17.2. The molecule has 0 aliphatic heterocycles. The van der Waals surface area contributed by atoms with Crippen LogP contribution in [0.3, 0.4) is 0 Å². The predicted octanol–water partition coefficient (Wildman–Crippen LogP) is 2.63. The molecule has 0 amide bonds. The maximum absolute atomic E-state index is 9.12. The maximum Gasteiger partial charge on any atom is 0.221 e. The van der Waals surface area contributed by atoms with Crippen LogP contribution < -0.4 is 11.6 Å². The van der Waals surface area contributed by atoms with Crippen LogP contribution in [0, 0.1) is 11.3 Å². The number of methoxy groups -OCH3 is 1. The van der Waals surface area contributed by atoms with E-state index in [9.17, 15) is 0 Å². The summed E-state index contributed by atoms with van der Waals surface area (Å²) in [6.07, 6.45) is 1.41. The van der Waals surface area contributed by atoms with Crippen LogP contribution >= 0.6 is 0 Å². The Kier molecular flexibility index (Phi) is 6.98. The third-order valence-electron chi connectivity index (χ3n) is 4.50. The monoisotopic (exact) mass is 414 g/mol. The molecular formula is C22H22N8O. The molecule has 0 saturated carbocycles. The number of nitriles is 1. The molecule has 1 unspecified atom stereocenters. The quantitative estimate of drug-likeness (QED) is 0.343. The third-order valence-corrected chi connectivity index (χ3v) is 4.50. The first-order valence-corrected chi connectivity index (χ1v) is 9.46. The summed E-state index contributed by atoms with van der Waals surface area (Å²) in [4.78, 5) is 17.4. The maximum atomic E-state index is 9.12. The van der Waals surface area contributed by atoms with Gasteiger partial charge in [0.2, 0.25) is 5.95 Å². The molecule has 1 atom stereocenters. The van der Waals surface area contributed by atoms with Gasteiger partial charge >= 0.3 is 0 Å². The van der Waals surface area contributed by atoms with Gasteiger partial charge in [0.1, 0.15) is 5.71 Å². The molecule has 4 N–H and O–H groups in total.